The summed E-state index contributed by atoms with van der Waals surface area (Å²) in [6, 6.07) is 15.7. The average Bonchev–Trinajstić information content (AvgIpc) is 2.75. The van der Waals surface area contributed by atoms with Crippen molar-refractivity contribution in [1.82, 2.24) is 16.0 Å². The number of nitrogens with one attached hydrogen (secondary N) is 3. The minimum atomic E-state index is -0.293. The van der Waals surface area contributed by atoms with Gasteiger partial charge in [-0.25, -0.2) is 4.99 Å². The number of nitrogens with zero attached hydrogens (tertiary/aromatic N) is 1. The van der Waals surface area contributed by atoms with Crippen molar-refractivity contribution < 1.29 is 14.3 Å². The van der Waals surface area contributed by atoms with Gasteiger partial charge in [-0.1, -0.05) is 30.3 Å². The van der Waals surface area contributed by atoms with E-state index in [2.05, 4.69) is 40.9 Å². The SMILES string of the molecule is CCNC(=NCC(=O)NCc1ccc(OC)cc1)NC1CC(C)(C)Oc2ccccc21. The van der Waals surface area contributed by atoms with Gasteiger partial charge in [0.25, 0.3) is 0 Å². The molecule has 31 heavy (non-hydrogen) atoms. The number of methoxy groups -OCH3 is 1. The van der Waals surface area contributed by atoms with Crippen molar-refractivity contribution in [2.75, 3.05) is 20.2 Å². The van der Waals surface area contributed by atoms with E-state index in [1.807, 2.05) is 49.4 Å². The van der Waals surface area contributed by atoms with Crippen LogP contribution >= 0.6 is 0 Å². The monoisotopic (exact) mass is 424 g/mol. The standard InChI is InChI=1S/C24H32N4O3/c1-5-25-23(27-16-22(29)26-15-17-10-12-18(30-4)13-11-17)28-20-14-24(2,3)31-21-9-7-6-8-19(20)21/h6-13,20H,5,14-16H2,1-4H3,(H,26,29)(H2,25,27,28). The number of guanidine groups is 1. The molecule has 2 aromatic rings. The number of carbonyl (C=O) groups is 1. The molecule has 3 N–H and O–H groups in total. The third-order valence-electron chi connectivity index (χ3n) is 5.06. The quantitative estimate of drug-likeness (QED) is 0.470. The fourth-order valence-electron chi connectivity index (χ4n) is 3.57. The second-order valence-electron chi connectivity index (χ2n) is 8.12. The molecule has 7 heteroatoms. The number of amides is 1. The Kier molecular flexibility index (Phi) is 7.39. The molecule has 0 aliphatic carbocycles. The number of ether oxygens (including phenoxy) is 2. The van der Waals surface area contributed by atoms with Crippen molar-refractivity contribution in [3.8, 4) is 11.5 Å². The van der Waals surface area contributed by atoms with Crippen LogP contribution in [0.3, 0.4) is 0 Å². The molecule has 1 heterocycles. The highest BCUT2D eigenvalue weighted by Gasteiger charge is 2.33. The summed E-state index contributed by atoms with van der Waals surface area (Å²) in [5.41, 5.74) is 1.81. The van der Waals surface area contributed by atoms with Crippen molar-refractivity contribution in [1.29, 1.82) is 0 Å². The number of hydrogen-bond acceptors (Lipinski definition) is 4. The van der Waals surface area contributed by atoms with Gasteiger partial charge in [0, 0.05) is 25.1 Å². The van der Waals surface area contributed by atoms with Crippen molar-refractivity contribution in [2.24, 2.45) is 4.99 Å². The van der Waals surface area contributed by atoms with Gasteiger partial charge in [-0.2, -0.15) is 0 Å². The van der Waals surface area contributed by atoms with Crippen LogP contribution in [0.5, 0.6) is 11.5 Å². The lowest BCUT2D eigenvalue weighted by Crippen LogP contribution is -2.45. The van der Waals surface area contributed by atoms with E-state index in [1.165, 1.54) is 0 Å². The third kappa shape index (κ3) is 6.38. The van der Waals surface area contributed by atoms with Crippen LogP contribution in [-0.4, -0.2) is 37.7 Å². The van der Waals surface area contributed by atoms with E-state index >= 15 is 0 Å². The number of fused-ring (bicyclic) bond motifs is 1. The van der Waals surface area contributed by atoms with Gasteiger partial charge in [0.1, 0.15) is 23.6 Å². The summed E-state index contributed by atoms with van der Waals surface area (Å²) in [5, 5.41) is 9.61. The predicted molar refractivity (Wildman–Crippen MR) is 122 cm³/mol. The first-order valence-corrected chi connectivity index (χ1v) is 10.6. The first-order valence-electron chi connectivity index (χ1n) is 10.6. The number of para-hydroxylation sites is 1. The molecule has 1 aliphatic heterocycles. The molecule has 7 nitrogen and oxygen atoms in total. The van der Waals surface area contributed by atoms with E-state index in [4.69, 9.17) is 9.47 Å². The molecule has 1 atom stereocenters. The summed E-state index contributed by atoms with van der Waals surface area (Å²) in [6.07, 6.45) is 0.790. The van der Waals surface area contributed by atoms with E-state index in [9.17, 15) is 4.79 Å². The van der Waals surface area contributed by atoms with Crippen LogP contribution in [0.2, 0.25) is 0 Å². The lowest BCUT2D eigenvalue weighted by atomic mass is 9.90. The lowest BCUT2D eigenvalue weighted by molar-refractivity contribution is -0.119. The van der Waals surface area contributed by atoms with E-state index in [-0.39, 0.29) is 24.1 Å². The Labute approximate surface area is 184 Å². The van der Waals surface area contributed by atoms with Crippen molar-refractivity contribution in [2.45, 2.75) is 45.4 Å². The molecule has 0 aromatic heterocycles. The largest absolute Gasteiger partial charge is 0.497 e. The van der Waals surface area contributed by atoms with Gasteiger partial charge in [-0.3, -0.25) is 4.79 Å². The maximum absolute atomic E-state index is 12.3. The number of hydrogen-bond donors (Lipinski definition) is 3. The summed E-state index contributed by atoms with van der Waals surface area (Å²) in [6.45, 7) is 7.35. The molecule has 1 aliphatic rings. The maximum Gasteiger partial charge on any atom is 0.242 e. The molecule has 0 fully saturated rings. The van der Waals surface area contributed by atoms with Crippen LogP contribution in [0.4, 0.5) is 0 Å². The van der Waals surface area contributed by atoms with Crippen molar-refractivity contribution >= 4 is 11.9 Å². The van der Waals surface area contributed by atoms with Gasteiger partial charge in [-0.15, -0.1) is 0 Å². The molecule has 0 bridgehead atoms. The zero-order valence-electron chi connectivity index (χ0n) is 18.7. The summed E-state index contributed by atoms with van der Waals surface area (Å²) >= 11 is 0. The van der Waals surface area contributed by atoms with Crippen LogP contribution in [0.1, 0.15) is 44.4 Å². The maximum atomic E-state index is 12.3. The van der Waals surface area contributed by atoms with Gasteiger partial charge in [0.2, 0.25) is 5.91 Å². The topological polar surface area (TPSA) is 84.0 Å². The highest BCUT2D eigenvalue weighted by Crippen LogP contribution is 2.39. The molecule has 0 saturated heterocycles. The van der Waals surface area contributed by atoms with Crippen LogP contribution in [0.15, 0.2) is 53.5 Å². The van der Waals surface area contributed by atoms with Gasteiger partial charge in [-0.05, 0) is 44.5 Å². The van der Waals surface area contributed by atoms with Crippen molar-refractivity contribution in [3.63, 3.8) is 0 Å². The molecule has 0 saturated carbocycles. The molecule has 1 unspecified atom stereocenters. The second kappa shape index (κ2) is 10.2. The first kappa shape index (κ1) is 22.5. The minimum absolute atomic E-state index is 0.0414. The number of rotatable bonds is 7. The van der Waals surface area contributed by atoms with E-state index in [0.717, 1.165) is 29.0 Å². The molecule has 166 valence electrons. The molecule has 1 amide bonds. The third-order valence-corrected chi connectivity index (χ3v) is 5.06. The second-order valence-corrected chi connectivity index (χ2v) is 8.12. The van der Waals surface area contributed by atoms with Gasteiger partial charge >= 0.3 is 0 Å². The molecule has 2 aromatic carbocycles. The highest BCUT2D eigenvalue weighted by molar-refractivity contribution is 5.85. The Balaban J connectivity index is 1.61. The lowest BCUT2D eigenvalue weighted by Gasteiger charge is -2.38. The molecule has 0 radical (unpaired) electrons. The summed E-state index contributed by atoms with van der Waals surface area (Å²) < 4.78 is 11.3. The Morgan fingerprint density at radius 1 is 1.16 bits per heavy atom. The Morgan fingerprint density at radius 3 is 2.61 bits per heavy atom. The Bertz CT molecular complexity index is 909. The smallest absolute Gasteiger partial charge is 0.242 e. The normalized spacial score (nSPS) is 17.2. The van der Waals surface area contributed by atoms with Gasteiger partial charge < -0.3 is 25.4 Å². The van der Waals surface area contributed by atoms with Crippen LogP contribution in [0, 0.1) is 0 Å². The fourth-order valence-corrected chi connectivity index (χ4v) is 3.57. The Hall–Kier alpha value is -3.22. The zero-order valence-corrected chi connectivity index (χ0v) is 18.7. The average molecular weight is 425 g/mol. The zero-order chi connectivity index (χ0) is 22.3. The summed E-state index contributed by atoms with van der Waals surface area (Å²) in [7, 11) is 1.63. The van der Waals surface area contributed by atoms with Gasteiger partial charge in [0.05, 0.1) is 13.2 Å². The predicted octanol–water partition coefficient (Wildman–Crippen LogP) is 3.17. The minimum Gasteiger partial charge on any atom is -0.497 e. The Morgan fingerprint density at radius 2 is 1.90 bits per heavy atom. The molecular weight excluding hydrogens is 392 g/mol. The molecule has 0 spiro atoms. The van der Waals surface area contributed by atoms with Crippen LogP contribution in [0.25, 0.3) is 0 Å². The van der Waals surface area contributed by atoms with Crippen LogP contribution in [-0.2, 0) is 11.3 Å². The first-order chi connectivity index (χ1) is 14.9. The van der Waals surface area contributed by atoms with Crippen molar-refractivity contribution in [3.05, 3.63) is 59.7 Å². The molecule has 3 rings (SSSR count). The van der Waals surface area contributed by atoms with E-state index in [0.29, 0.717) is 19.0 Å². The molecular formula is C24H32N4O3. The van der Waals surface area contributed by atoms with Crippen LogP contribution < -0.4 is 25.4 Å². The summed E-state index contributed by atoms with van der Waals surface area (Å²) in [4.78, 5) is 16.8. The van der Waals surface area contributed by atoms with E-state index < -0.39 is 0 Å². The fraction of sp³-hybridized carbons (Fsp3) is 0.417. The number of carbonyl (C=O) groups excluding carboxylic acids is 1. The highest BCUT2D eigenvalue weighted by atomic mass is 16.5. The number of benzene rings is 2. The van der Waals surface area contributed by atoms with E-state index in [1.54, 1.807) is 7.11 Å². The summed E-state index contributed by atoms with van der Waals surface area (Å²) in [5.74, 6) is 2.14. The van der Waals surface area contributed by atoms with Gasteiger partial charge in [0.15, 0.2) is 5.96 Å². The number of aliphatic imine (C=N–C) groups is 1.